The zero-order valence-corrected chi connectivity index (χ0v) is 11.5. The fourth-order valence-corrected chi connectivity index (χ4v) is 2.72. The van der Waals surface area contributed by atoms with Gasteiger partial charge in [-0.15, -0.1) is 0 Å². The summed E-state index contributed by atoms with van der Waals surface area (Å²) >= 11 is 0. The van der Waals surface area contributed by atoms with Crippen LogP contribution in [0.3, 0.4) is 0 Å². The third-order valence-corrected chi connectivity index (χ3v) is 3.80. The smallest absolute Gasteiger partial charge is 0.144 e. The van der Waals surface area contributed by atoms with Gasteiger partial charge in [0, 0.05) is 11.8 Å². The average molecular weight is 248 g/mol. The third kappa shape index (κ3) is 3.67. The maximum Gasteiger partial charge on any atom is 0.144 e. The van der Waals surface area contributed by atoms with E-state index in [0.717, 1.165) is 37.1 Å². The molecule has 0 saturated carbocycles. The predicted molar refractivity (Wildman–Crippen MR) is 74.1 cm³/mol. The maximum absolute atomic E-state index is 5.77. The van der Waals surface area contributed by atoms with Crippen LogP contribution in [0.2, 0.25) is 0 Å². The number of nitrogens with two attached hydrogens (primary N) is 1. The first-order valence-electron chi connectivity index (χ1n) is 6.99. The summed E-state index contributed by atoms with van der Waals surface area (Å²) in [6.07, 6.45) is 5.27. The minimum Gasteiger partial charge on any atom is -0.384 e. The predicted octanol–water partition coefficient (Wildman–Crippen LogP) is 2.38. The molecule has 100 valence electrons. The van der Waals surface area contributed by atoms with E-state index in [1.807, 2.05) is 13.0 Å². The summed E-state index contributed by atoms with van der Waals surface area (Å²) < 4.78 is 0. The Morgan fingerprint density at radius 2 is 2.17 bits per heavy atom. The molecule has 0 radical (unpaired) electrons. The molecule has 1 fully saturated rings. The molecular weight excluding hydrogens is 224 g/mol. The van der Waals surface area contributed by atoms with Crippen LogP contribution in [0.4, 0.5) is 5.82 Å². The summed E-state index contributed by atoms with van der Waals surface area (Å²) in [4.78, 5) is 11.3. The number of hydrogen-bond acceptors (Lipinski definition) is 4. The molecule has 1 saturated heterocycles. The van der Waals surface area contributed by atoms with Crippen molar-refractivity contribution in [3.8, 4) is 0 Å². The summed E-state index contributed by atoms with van der Waals surface area (Å²) in [6.45, 7) is 7.42. The van der Waals surface area contributed by atoms with Crippen LogP contribution in [0.1, 0.15) is 44.1 Å². The lowest BCUT2D eigenvalue weighted by Gasteiger charge is -2.19. The van der Waals surface area contributed by atoms with Gasteiger partial charge in [0.1, 0.15) is 11.6 Å². The van der Waals surface area contributed by atoms with Crippen LogP contribution in [0.15, 0.2) is 6.07 Å². The molecule has 1 aliphatic rings. The summed E-state index contributed by atoms with van der Waals surface area (Å²) in [5.41, 5.74) is 6.73. The van der Waals surface area contributed by atoms with Gasteiger partial charge >= 0.3 is 0 Å². The molecular formula is C14H24N4. The molecule has 0 spiro atoms. The molecule has 2 rings (SSSR count). The maximum atomic E-state index is 5.77. The summed E-state index contributed by atoms with van der Waals surface area (Å²) in [5, 5.41) is 0. The zero-order valence-electron chi connectivity index (χ0n) is 11.5. The number of anilines is 1. The molecule has 0 amide bonds. The first-order valence-corrected chi connectivity index (χ1v) is 6.99. The molecule has 1 aliphatic heterocycles. The second kappa shape index (κ2) is 6.14. The second-order valence-electron chi connectivity index (χ2n) is 5.33. The van der Waals surface area contributed by atoms with E-state index in [-0.39, 0.29) is 0 Å². The van der Waals surface area contributed by atoms with Gasteiger partial charge in [-0.1, -0.05) is 13.3 Å². The minimum atomic E-state index is 0.582. The average Bonchev–Trinajstić information content (AvgIpc) is 2.53. The van der Waals surface area contributed by atoms with E-state index in [0.29, 0.717) is 5.82 Å². The van der Waals surface area contributed by atoms with E-state index in [4.69, 9.17) is 5.73 Å². The van der Waals surface area contributed by atoms with E-state index < -0.39 is 0 Å². The van der Waals surface area contributed by atoms with Gasteiger partial charge in [0.25, 0.3) is 0 Å². The first kappa shape index (κ1) is 13.3. The van der Waals surface area contributed by atoms with Gasteiger partial charge in [-0.2, -0.15) is 0 Å². The van der Waals surface area contributed by atoms with E-state index in [2.05, 4.69) is 21.8 Å². The van der Waals surface area contributed by atoms with E-state index in [9.17, 15) is 0 Å². The molecule has 2 N–H and O–H groups in total. The molecule has 0 aliphatic carbocycles. The van der Waals surface area contributed by atoms with Crippen molar-refractivity contribution in [2.75, 3.05) is 18.8 Å². The van der Waals surface area contributed by atoms with E-state index in [1.165, 1.54) is 25.7 Å². The van der Waals surface area contributed by atoms with Gasteiger partial charge in [-0.3, -0.25) is 4.90 Å². The normalized spacial score (nSPS) is 21.8. The van der Waals surface area contributed by atoms with Crippen LogP contribution in [-0.4, -0.2) is 28.0 Å². The van der Waals surface area contributed by atoms with Crippen molar-refractivity contribution in [1.29, 1.82) is 0 Å². The Balaban J connectivity index is 1.96. The Morgan fingerprint density at radius 3 is 2.89 bits per heavy atom. The van der Waals surface area contributed by atoms with Crippen molar-refractivity contribution in [3.05, 3.63) is 17.6 Å². The Hall–Kier alpha value is -1.16. The fourth-order valence-electron chi connectivity index (χ4n) is 2.72. The SMILES string of the molecule is CCC1CCCN(Cc2nc(C)cc(N)n2)CC1. The van der Waals surface area contributed by atoms with E-state index >= 15 is 0 Å². The number of hydrogen-bond donors (Lipinski definition) is 1. The Morgan fingerprint density at radius 1 is 1.33 bits per heavy atom. The molecule has 1 atom stereocenters. The fraction of sp³-hybridized carbons (Fsp3) is 0.714. The molecule has 4 heteroatoms. The quantitative estimate of drug-likeness (QED) is 0.892. The van der Waals surface area contributed by atoms with Gasteiger partial charge in [-0.25, -0.2) is 9.97 Å². The highest BCUT2D eigenvalue weighted by Crippen LogP contribution is 2.21. The molecule has 4 nitrogen and oxygen atoms in total. The summed E-state index contributed by atoms with van der Waals surface area (Å²) in [6, 6.07) is 1.82. The number of rotatable bonds is 3. The lowest BCUT2D eigenvalue weighted by molar-refractivity contribution is 0.265. The molecule has 0 aromatic carbocycles. The van der Waals surface area contributed by atoms with Crippen LogP contribution in [0, 0.1) is 12.8 Å². The molecule has 1 aromatic rings. The summed E-state index contributed by atoms with van der Waals surface area (Å²) in [7, 11) is 0. The van der Waals surface area contributed by atoms with Crippen LogP contribution >= 0.6 is 0 Å². The van der Waals surface area contributed by atoms with Gasteiger partial charge in [0.2, 0.25) is 0 Å². The topological polar surface area (TPSA) is 55.0 Å². The van der Waals surface area contributed by atoms with Crippen molar-refractivity contribution in [1.82, 2.24) is 14.9 Å². The molecule has 2 heterocycles. The van der Waals surface area contributed by atoms with Crippen LogP contribution < -0.4 is 5.73 Å². The highest BCUT2D eigenvalue weighted by Gasteiger charge is 2.16. The monoisotopic (exact) mass is 248 g/mol. The Kier molecular flexibility index (Phi) is 4.53. The second-order valence-corrected chi connectivity index (χ2v) is 5.33. The molecule has 18 heavy (non-hydrogen) atoms. The number of aromatic nitrogens is 2. The molecule has 1 unspecified atom stereocenters. The van der Waals surface area contributed by atoms with Crippen LogP contribution in [0.25, 0.3) is 0 Å². The van der Waals surface area contributed by atoms with Crippen molar-refractivity contribution in [2.24, 2.45) is 5.92 Å². The van der Waals surface area contributed by atoms with Crippen molar-refractivity contribution in [2.45, 2.75) is 46.1 Å². The van der Waals surface area contributed by atoms with E-state index in [1.54, 1.807) is 0 Å². The lowest BCUT2D eigenvalue weighted by Crippen LogP contribution is -2.25. The van der Waals surface area contributed by atoms with Crippen LogP contribution in [-0.2, 0) is 6.54 Å². The minimum absolute atomic E-state index is 0.582. The number of nitrogen functional groups attached to an aromatic ring is 1. The molecule has 1 aromatic heterocycles. The van der Waals surface area contributed by atoms with Crippen LogP contribution in [0.5, 0.6) is 0 Å². The Labute approximate surface area is 110 Å². The summed E-state index contributed by atoms with van der Waals surface area (Å²) in [5.74, 6) is 2.35. The lowest BCUT2D eigenvalue weighted by atomic mass is 9.98. The third-order valence-electron chi connectivity index (χ3n) is 3.80. The number of nitrogens with zero attached hydrogens (tertiary/aromatic N) is 3. The Bertz CT molecular complexity index is 371. The largest absolute Gasteiger partial charge is 0.384 e. The number of likely N-dealkylation sites (tertiary alicyclic amines) is 1. The standard InChI is InChI=1S/C14H24N4/c1-3-12-5-4-7-18(8-6-12)10-14-16-11(2)9-13(15)17-14/h9,12H,3-8,10H2,1-2H3,(H2,15,16,17). The zero-order chi connectivity index (χ0) is 13.0. The van der Waals surface area contributed by atoms with Crippen molar-refractivity contribution >= 4 is 5.82 Å². The van der Waals surface area contributed by atoms with Gasteiger partial charge in [0.15, 0.2) is 0 Å². The van der Waals surface area contributed by atoms with Crippen molar-refractivity contribution in [3.63, 3.8) is 0 Å². The highest BCUT2D eigenvalue weighted by atomic mass is 15.1. The number of aryl methyl sites for hydroxylation is 1. The van der Waals surface area contributed by atoms with Gasteiger partial charge in [0.05, 0.1) is 6.54 Å². The van der Waals surface area contributed by atoms with Gasteiger partial charge in [-0.05, 0) is 45.2 Å². The van der Waals surface area contributed by atoms with Gasteiger partial charge < -0.3 is 5.73 Å². The highest BCUT2D eigenvalue weighted by molar-refractivity contribution is 5.29. The van der Waals surface area contributed by atoms with Crippen molar-refractivity contribution < 1.29 is 0 Å². The first-order chi connectivity index (χ1) is 8.67. The molecule has 0 bridgehead atoms.